The van der Waals surface area contributed by atoms with Crippen LogP contribution in [-0.4, -0.2) is 13.0 Å². The number of rotatable bonds is 3. The number of hydrogen-bond donors (Lipinski definition) is 0. The van der Waals surface area contributed by atoms with Crippen molar-refractivity contribution < 1.29 is 27.0 Å². The van der Waals surface area contributed by atoms with Crippen molar-refractivity contribution in [1.29, 1.82) is 0 Å². The highest BCUT2D eigenvalue weighted by Gasteiger charge is 2.32. The molecule has 0 bridgehead atoms. The summed E-state index contributed by atoms with van der Waals surface area (Å²) in [6.45, 7) is -0.244. The van der Waals surface area contributed by atoms with E-state index in [0.29, 0.717) is 0 Å². The van der Waals surface area contributed by atoms with Crippen LogP contribution in [0, 0.1) is 18.2 Å². The van der Waals surface area contributed by atoms with E-state index < -0.39 is 17.9 Å². The molecule has 0 amide bonds. The van der Waals surface area contributed by atoms with Crippen molar-refractivity contribution in [3.05, 3.63) is 24.0 Å². The van der Waals surface area contributed by atoms with Gasteiger partial charge in [-0.1, -0.05) is 12.0 Å². The van der Waals surface area contributed by atoms with E-state index in [2.05, 4.69) is 15.4 Å². The minimum Gasteiger partial charge on any atom is -0.478 e. The quantitative estimate of drug-likeness (QED) is 0.591. The van der Waals surface area contributed by atoms with E-state index in [-0.39, 0.29) is 12.4 Å². The highest BCUT2D eigenvalue weighted by Crippen LogP contribution is 2.30. The molecule has 0 aliphatic heterocycles. The Morgan fingerprint density at radius 2 is 1.88 bits per heavy atom. The summed E-state index contributed by atoms with van der Waals surface area (Å²) in [6.07, 6.45) is -0.0952. The minimum absolute atomic E-state index is 0.244. The molecule has 0 saturated carbocycles. The third kappa shape index (κ3) is 3.35. The molecule has 1 rings (SSSR count). The lowest BCUT2D eigenvalue weighted by molar-refractivity contribution is -0.275. The summed E-state index contributed by atoms with van der Waals surface area (Å²) < 4.78 is 57.0. The monoisotopic (exact) mass is 234 g/mol. The number of hydrogen-bond acceptors (Lipinski definition) is 2. The van der Waals surface area contributed by atoms with Crippen LogP contribution in [0.2, 0.25) is 0 Å². The number of benzene rings is 1. The molecule has 0 aliphatic rings. The Labute approximate surface area is 88.8 Å². The first-order valence-corrected chi connectivity index (χ1v) is 4.04. The van der Waals surface area contributed by atoms with Gasteiger partial charge in [-0.05, 0) is 12.1 Å². The Balaban J connectivity index is 2.91. The summed E-state index contributed by atoms with van der Waals surface area (Å²) in [5, 5.41) is 0. The maximum Gasteiger partial charge on any atom is 0.573 e. The highest BCUT2D eigenvalue weighted by atomic mass is 19.4. The van der Waals surface area contributed by atoms with E-state index in [1.54, 1.807) is 0 Å². The van der Waals surface area contributed by atoms with Crippen LogP contribution in [0.25, 0.3) is 0 Å². The summed E-state index contributed by atoms with van der Waals surface area (Å²) >= 11 is 0. The van der Waals surface area contributed by atoms with Crippen LogP contribution < -0.4 is 9.47 Å². The van der Waals surface area contributed by atoms with E-state index >= 15 is 0 Å². The number of alkyl halides is 3. The predicted octanol–water partition coefficient (Wildman–Crippen LogP) is 2.74. The van der Waals surface area contributed by atoms with Crippen molar-refractivity contribution in [3.8, 4) is 23.8 Å². The van der Waals surface area contributed by atoms with Crippen LogP contribution in [0.4, 0.5) is 17.6 Å². The largest absolute Gasteiger partial charge is 0.573 e. The van der Waals surface area contributed by atoms with Gasteiger partial charge >= 0.3 is 6.36 Å². The molecule has 0 radical (unpaired) electrons. The average Bonchev–Trinajstić information content (AvgIpc) is 2.17. The van der Waals surface area contributed by atoms with Crippen LogP contribution in [0.15, 0.2) is 18.2 Å². The molecular weight excluding hydrogens is 228 g/mol. The molecule has 0 heterocycles. The van der Waals surface area contributed by atoms with Crippen LogP contribution >= 0.6 is 0 Å². The Kier molecular flexibility index (Phi) is 3.61. The molecule has 0 spiro atoms. The molecule has 0 unspecified atom stereocenters. The maximum absolute atomic E-state index is 13.3. The van der Waals surface area contributed by atoms with Gasteiger partial charge in [0.15, 0.2) is 11.5 Å². The predicted molar refractivity (Wildman–Crippen MR) is 47.4 cm³/mol. The van der Waals surface area contributed by atoms with Gasteiger partial charge in [0, 0.05) is 0 Å². The molecule has 1 aromatic carbocycles. The van der Waals surface area contributed by atoms with Crippen molar-refractivity contribution in [2.75, 3.05) is 6.61 Å². The third-order valence-electron chi connectivity index (χ3n) is 1.46. The second-order valence-electron chi connectivity index (χ2n) is 2.61. The zero-order valence-corrected chi connectivity index (χ0v) is 7.84. The topological polar surface area (TPSA) is 18.5 Å². The molecule has 6 heteroatoms. The van der Waals surface area contributed by atoms with Gasteiger partial charge < -0.3 is 9.47 Å². The Hall–Kier alpha value is -1.90. The van der Waals surface area contributed by atoms with Crippen LogP contribution in [0.3, 0.4) is 0 Å². The average molecular weight is 234 g/mol. The minimum atomic E-state index is -4.95. The first-order chi connectivity index (χ1) is 7.44. The van der Waals surface area contributed by atoms with Crippen LogP contribution in [-0.2, 0) is 0 Å². The second kappa shape index (κ2) is 4.75. The standard InChI is InChI=1S/C10H6F4O2/c1-2-6-15-7-4-3-5-8(9(7)11)16-10(12,13)14/h1,3-5H,6H2. The Morgan fingerprint density at radius 3 is 2.44 bits per heavy atom. The van der Waals surface area contributed by atoms with E-state index in [0.717, 1.165) is 18.2 Å². The van der Waals surface area contributed by atoms with E-state index in [1.165, 1.54) is 0 Å². The third-order valence-corrected chi connectivity index (χ3v) is 1.46. The van der Waals surface area contributed by atoms with Gasteiger partial charge in [0.1, 0.15) is 6.61 Å². The Morgan fingerprint density at radius 1 is 1.25 bits per heavy atom. The summed E-state index contributed by atoms with van der Waals surface area (Å²) in [5.74, 6) is -0.527. The first kappa shape index (κ1) is 12.2. The van der Waals surface area contributed by atoms with Crippen molar-refractivity contribution in [3.63, 3.8) is 0 Å². The first-order valence-electron chi connectivity index (χ1n) is 4.04. The van der Waals surface area contributed by atoms with Gasteiger partial charge in [0.25, 0.3) is 0 Å². The van der Waals surface area contributed by atoms with E-state index in [4.69, 9.17) is 6.42 Å². The van der Waals surface area contributed by atoms with Gasteiger partial charge in [-0.3, -0.25) is 0 Å². The van der Waals surface area contributed by atoms with Gasteiger partial charge in [-0.2, -0.15) is 4.39 Å². The van der Waals surface area contributed by atoms with Gasteiger partial charge in [0.05, 0.1) is 0 Å². The second-order valence-corrected chi connectivity index (χ2v) is 2.61. The molecule has 0 atom stereocenters. The molecule has 0 aromatic heterocycles. The molecule has 0 fully saturated rings. The van der Waals surface area contributed by atoms with E-state index in [1.807, 2.05) is 0 Å². The van der Waals surface area contributed by atoms with Gasteiger partial charge in [0.2, 0.25) is 5.82 Å². The fraction of sp³-hybridized carbons (Fsp3) is 0.200. The Bertz CT molecular complexity index is 406. The SMILES string of the molecule is C#CCOc1cccc(OC(F)(F)F)c1F. The number of terminal acetylenes is 1. The summed E-state index contributed by atoms with van der Waals surface area (Å²) in [6, 6.07) is 3.15. The van der Waals surface area contributed by atoms with Crippen molar-refractivity contribution in [1.82, 2.24) is 0 Å². The molecule has 86 valence electrons. The van der Waals surface area contributed by atoms with Crippen molar-refractivity contribution in [2.24, 2.45) is 0 Å². The van der Waals surface area contributed by atoms with Crippen molar-refractivity contribution >= 4 is 0 Å². The van der Waals surface area contributed by atoms with Crippen molar-refractivity contribution in [2.45, 2.75) is 6.36 Å². The van der Waals surface area contributed by atoms with Gasteiger partial charge in [-0.15, -0.1) is 19.6 Å². The van der Waals surface area contributed by atoms with E-state index in [9.17, 15) is 17.6 Å². The summed E-state index contributed by atoms with van der Waals surface area (Å²) in [4.78, 5) is 0. The number of halogens is 4. The molecule has 2 nitrogen and oxygen atoms in total. The lowest BCUT2D eigenvalue weighted by Gasteiger charge is -2.11. The number of ether oxygens (including phenoxy) is 2. The zero-order chi connectivity index (χ0) is 12.2. The fourth-order valence-corrected chi connectivity index (χ4v) is 0.925. The lowest BCUT2D eigenvalue weighted by atomic mass is 10.3. The normalized spacial score (nSPS) is 10.7. The lowest BCUT2D eigenvalue weighted by Crippen LogP contribution is -2.18. The molecule has 0 saturated heterocycles. The molecule has 0 N–H and O–H groups in total. The smallest absolute Gasteiger partial charge is 0.478 e. The molecule has 16 heavy (non-hydrogen) atoms. The zero-order valence-electron chi connectivity index (χ0n) is 7.84. The summed E-state index contributed by atoms with van der Waals surface area (Å²) in [5.41, 5.74) is 0. The molecular formula is C10H6F4O2. The summed E-state index contributed by atoms with van der Waals surface area (Å²) in [7, 11) is 0. The molecule has 1 aromatic rings. The molecule has 0 aliphatic carbocycles. The van der Waals surface area contributed by atoms with Crippen LogP contribution in [0.5, 0.6) is 11.5 Å². The van der Waals surface area contributed by atoms with Crippen LogP contribution in [0.1, 0.15) is 0 Å². The fourth-order valence-electron chi connectivity index (χ4n) is 0.925. The van der Waals surface area contributed by atoms with Gasteiger partial charge in [-0.25, -0.2) is 0 Å². The maximum atomic E-state index is 13.3. The highest BCUT2D eigenvalue weighted by molar-refractivity contribution is 5.35.